The van der Waals surface area contributed by atoms with E-state index in [4.69, 9.17) is 0 Å². The van der Waals surface area contributed by atoms with Crippen LogP contribution in [0.5, 0.6) is 0 Å². The molecule has 0 aliphatic carbocycles. The fourth-order valence-corrected chi connectivity index (χ4v) is 2.49. The van der Waals surface area contributed by atoms with E-state index in [1.54, 1.807) is 42.5 Å². The number of benzene rings is 2. The molecule has 7 nitrogen and oxygen atoms in total. The van der Waals surface area contributed by atoms with Gasteiger partial charge in [-0.2, -0.15) is 0 Å². The zero-order valence-corrected chi connectivity index (χ0v) is 12.3. The number of nitro groups is 2. The highest BCUT2D eigenvalue weighted by molar-refractivity contribution is 5.80. The minimum Gasteiger partial charge on any atom is -0.263 e. The maximum atomic E-state index is 11.2. The second-order valence-corrected chi connectivity index (χ2v) is 5.01. The summed E-state index contributed by atoms with van der Waals surface area (Å²) in [5.74, 6) is 0. The van der Waals surface area contributed by atoms with Crippen molar-refractivity contribution in [1.29, 1.82) is 0 Å². The quantitative estimate of drug-likeness (QED) is 0.529. The summed E-state index contributed by atoms with van der Waals surface area (Å²) >= 11 is 0. The molecule has 1 heterocycles. The molecule has 2 aromatic carbocycles. The number of nitro benzene ring substituents is 2. The third kappa shape index (κ3) is 2.82. The standard InChI is InChI=1S/C17H11N3O4/c21-19(22)16-7-3-1-5-14(16)12-9-13(11-18-10-12)15-6-2-4-8-17(15)20(23)24/h1-11H. The molecule has 1 aromatic heterocycles. The fourth-order valence-electron chi connectivity index (χ4n) is 2.49. The first kappa shape index (κ1) is 15.3. The van der Waals surface area contributed by atoms with E-state index in [9.17, 15) is 20.2 Å². The van der Waals surface area contributed by atoms with Gasteiger partial charge in [-0.3, -0.25) is 25.2 Å². The summed E-state index contributed by atoms with van der Waals surface area (Å²) in [6.45, 7) is 0. The van der Waals surface area contributed by atoms with Crippen LogP contribution in [0.4, 0.5) is 11.4 Å². The molecule has 3 rings (SSSR count). The van der Waals surface area contributed by atoms with E-state index in [-0.39, 0.29) is 11.4 Å². The van der Waals surface area contributed by atoms with Gasteiger partial charge in [0.2, 0.25) is 0 Å². The summed E-state index contributed by atoms with van der Waals surface area (Å²) in [5, 5.41) is 22.4. The van der Waals surface area contributed by atoms with E-state index in [0.29, 0.717) is 22.3 Å². The molecule has 0 aliphatic heterocycles. The minimum absolute atomic E-state index is 0.0426. The molecule has 0 spiro atoms. The molecule has 0 N–H and O–H groups in total. The molecule has 118 valence electrons. The van der Waals surface area contributed by atoms with Gasteiger partial charge < -0.3 is 0 Å². The summed E-state index contributed by atoms with van der Waals surface area (Å²) in [5.41, 5.74) is 1.79. The highest BCUT2D eigenvalue weighted by Crippen LogP contribution is 2.34. The first-order valence-electron chi connectivity index (χ1n) is 7.00. The van der Waals surface area contributed by atoms with E-state index in [0.717, 1.165) is 0 Å². The Bertz CT molecular complexity index is 868. The molecule has 7 heteroatoms. The Hall–Kier alpha value is -3.61. The molecule has 0 radical (unpaired) electrons. The Morgan fingerprint density at radius 2 is 1.12 bits per heavy atom. The zero-order valence-electron chi connectivity index (χ0n) is 12.3. The van der Waals surface area contributed by atoms with Crippen LogP contribution in [-0.4, -0.2) is 14.8 Å². The Morgan fingerprint density at radius 3 is 1.54 bits per heavy atom. The smallest absolute Gasteiger partial charge is 0.263 e. The van der Waals surface area contributed by atoms with E-state index in [1.807, 2.05) is 0 Å². The Kier molecular flexibility index (Phi) is 3.98. The van der Waals surface area contributed by atoms with Crippen molar-refractivity contribution in [3.8, 4) is 22.3 Å². The van der Waals surface area contributed by atoms with Crippen LogP contribution in [0.3, 0.4) is 0 Å². The summed E-state index contributed by atoms with van der Waals surface area (Å²) in [6.07, 6.45) is 3.00. The number of rotatable bonds is 4. The van der Waals surface area contributed by atoms with Gasteiger partial charge in [0.25, 0.3) is 11.4 Å². The van der Waals surface area contributed by atoms with E-state index in [1.165, 1.54) is 24.5 Å². The fraction of sp³-hybridized carbons (Fsp3) is 0. The van der Waals surface area contributed by atoms with Gasteiger partial charge in [-0.25, -0.2) is 0 Å². The van der Waals surface area contributed by atoms with Gasteiger partial charge in [-0.05, 0) is 18.2 Å². The van der Waals surface area contributed by atoms with Crippen molar-refractivity contribution in [3.05, 3.63) is 87.2 Å². The highest BCUT2D eigenvalue weighted by atomic mass is 16.6. The van der Waals surface area contributed by atoms with Crippen molar-refractivity contribution in [2.45, 2.75) is 0 Å². The topological polar surface area (TPSA) is 99.2 Å². The van der Waals surface area contributed by atoms with Crippen LogP contribution in [0.1, 0.15) is 0 Å². The number of para-hydroxylation sites is 2. The number of hydrogen-bond acceptors (Lipinski definition) is 5. The molecule has 0 bridgehead atoms. The summed E-state index contributed by atoms with van der Waals surface area (Å²) in [6, 6.07) is 14.3. The van der Waals surface area contributed by atoms with Gasteiger partial charge in [0.15, 0.2) is 0 Å². The van der Waals surface area contributed by atoms with Crippen LogP contribution in [0.25, 0.3) is 22.3 Å². The molecule has 24 heavy (non-hydrogen) atoms. The molecular formula is C17H11N3O4. The molecular weight excluding hydrogens is 310 g/mol. The molecule has 0 aliphatic rings. The lowest BCUT2D eigenvalue weighted by Crippen LogP contribution is -1.94. The average molecular weight is 321 g/mol. The average Bonchev–Trinajstić information content (AvgIpc) is 2.61. The van der Waals surface area contributed by atoms with Gasteiger partial charge in [-0.15, -0.1) is 0 Å². The van der Waals surface area contributed by atoms with Crippen LogP contribution in [0.2, 0.25) is 0 Å². The van der Waals surface area contributed by atoms with Gasteiger partial charge >= 0.3 is 0 Å². The predicted molar refractivity (Wildman–Crippen MR) is 88.4 cm³/mol. The third-order valence-electron chi connectivity index (χ3n) is 3.56. The molecule has 0 fully saturated rings. The lowest BCUT2D eigenvalue weighted by Gasteiger charge is -2.06. The van der Waals surface area contributed by atoms with Gasteiger partial charge in [0.1, 0.15) is 0 Å². The lowest BCUT2D eigenvalue weighted by atomic mass is 10.00. The second-order valence-electron chi connectivity index (χ2n) is 5.01. The van der Waals surface area contributed by atoms with Crippen molar-refractivity contribution in [3.63, 3.8) is 0 Å². The van der Waals surface area contributed by atoms with Crippen LogP contribution in [0.15, 0.2) is 67.0 Å². The SMILES string of the molecule is O=[N+]([O-])c1ccccc1-c1cncc(-c2ccccc2[N+](=O)[O-])c1. The molecule has 3 aromatic rings. The molecule has 0 saturated carbocycles. The zero-order chi connectivity index (χ0) is 17.1. The first-order valence-corrected chi connectivity index (χ1v) is 7.00. The highest BCUT2D eigenvalue weighted by Gasteiger charge is 2.18. The van der Waals surface area contributed by atoms with E-state index < -0.39 is 9.85 Å². The monoisotopic (exact) mass is 321 g/mol. The summed E-state index contributed by atoms with van der Waals surface area (Å²) in [7, 11) is 0. The van der Waals surface area contributed by atoms with Crippen molar-refractivity contribution >= 4 is 11.4 Å². The summed E-state index contributed by atoms with van der Waals surface area (Å²) < 4.78 is 0. The number of pyridine rings is 1. The largest absolute Gasteiger partial charge is 0.277 e. The van der Waals surface area contributed by atoms with Gasteiger partial charge in [-0.1, -0.05) is 24.3 Å². The van der Waals surface area contributed by atoms with Crippen molar-refractivity contribution in [1.82, 2.24) is 4.98 Å². The lowest BCUT2D eigenvalue weighted by molar-refractivity contribution is -0.384. The molecule has 0 atom stereocenters. The Labute approximate surface area is 136 Å². The predicted octanol–water partition coefficient (Wildman–Crippen LogP) is 4.23. The van der Waals surface area contributed by atoms with E-state index >= 15 is 0 Å². The second kappa shape index (κ2) is 6.25. The van der Waals surface area contributed by atoms with Crippen LogP contribution < -0.4 is 0 Å². The molecule has 0 saturated heterocycles. The maximum Gasteiger partial charge on any atom is 0.277 e. The van der Waals surface area contributed by atoms with Crippen LogP contribution in [0, 0.1) is 20.2 Å². The van der Waals surface area contributed by atoms with Gasteiger partial charge in [0, 0.05) is 35.7 Å². The Morgan fingerprint density at radius 1 is 0.708 bits per heavy atom. The van der Waals surface area contributed by atoms with E-state index in [2.05, 4.69) is 4.98 Å². The van der Waals surface area contributed by atoms with Crippen molar-refractivity contribution < 1.29 is 9.85 Å². The number of nitrogens with zero attached hydrogens (tertiary/aromatic N) is 3. The normalized spacial score (nSPS) is 10.3. The third-order valence-corrected chi connectivity index (χ3v) is 3.56. The minimum atomic E-state index is -0.465. The van der Waals surface area contributed by atoms with Crippen LogP contribution in [-0.2, 0) is 0 Å². The van der Waals surface area contributed by atoms with Crippen molar-refractivity contribution in [2.24, 2.45) is 0 Å². The molecule has 0 unspecified atom stereocenters. The maximum absolute atomic E-state index is 11.2. The number of aromatic nitrogens is 1. The number of hydrogen-bond donors (Lipinski definition) is 0. The first-order chi connectivity index (χ1) is 11.6. The Balaban J connectivity index is 2.16. The molecule has 0 amide bonds. The van der Waals surface area contributed by atoms with Gasteiger partial charge in [0.05, 0.1) is 21.0 Å². The van der Waals surface area contributed by atoms with Crippen molar-refractivity contribution in [2.75, 3.05) is 0 Å². The van der Waals surface area contributed by atoms with Crippen LogP contribution >= 0.6 is 0 Å². The summed E-state index contributed by atoms with van der Waals surface area (Å²) in [4.78, 5) is 25.5.